The molecule has 0 saturated carbocycles. The number of likely N-dealkylation sites (N-methyl/N-ethyl adjacent to an activating group) is 1. The average molecular weight is 206 g/mol. The predicted molar refractivity (Wildman–Crippen MR) is 62.1 cm³/mol. The van der Waals surface area contributed by atoms with Crippen LogP contribution >= 0.6 is 0 Å². The molecule has 15 heavy (non-hydrogen) atoms. The third-order valence-corrected chi connectivity index (χ3v) is 2.29. The average Bonchev–Trinajstić information content (AvgIpc) is 2.70. The Morgan fingerprint density at radius 2 is 2.33 bits per heavy atom. The van der Waals surface area contributed by atoms with E-state index in [1.54, 1.807) is 6.26 Å². The van der Waals surface area contributed by atoms with Crippen molar-refractivity contribution < 1.29 is 4.42 Å². The van der Waals surface area contributed by atoms with Crippen molar-refractivity contribution in [1.82, 2.24) is 4.90 Å². The maximum absolute atomic E-state index is 5.28. The molecule has 1 aromatic rings. The van der Waals surface area contributed by atoms with Crippen molar-refractivity contribution in [2.75, 3.05) is 7.05 Å². The van der Waals surface area contributed by atoms with Crippen LogP contribution in [0, 0.1) is 0 Å². The maximum Gasteiger partial charge on any atom is 0.117 e. The molecular weight excluding hydrogens is 188 g/mol. The van der Waals surface area contributed by atoms with E-state index in [1.165, 1.54) is 6.20 Å². The van der Waals surface area contributed by atoms with Crippen LogP contribution in [0.4, 0.5) is 0 Å². The molecule has 3 heteroatoms. The molecule has 1 unspecified atom stereocenters. The van der Waals surface area contributed by atoms with Gasteiger partial charge in [-0.2, -0.15) is 0 Å². The molecule has 0 bridgehead atoms. The Balaban J connectivity index is 2.42. The quantitative estimate of drug-likeness (QED) is 0.750. The number of nitrogens with two attached hydrogens (primary N) is 1. The summed E-state index contributed by atoms with van der Waals surface area (Å²) in [7, 11) is 2.06. The Morgan fingerprint density at radius 3 is 2.93 bits per heavy atom. The number of furan rings is 1. The van der Waals surface area contributed by atoms with Crippen molar-refractivity contribution in [3.05, 3.63) is 48.6 Å². The van der Waals surface area contributed by atoms with E-state index in [9.17, 15) is 0 Å². The summed E-state index contributed by atoms with van der Waals surface area (Å²) in [4.78, 5) is 2.19. The molecule has 1 heterocycles. The summed E-state index contributed by atoms with van der Waals surface area (Å²) in [6.07, 6.45) is 9.07. The molecule has 3 nitrogen and oxygen atoms in total. The highest BCUT2D eigenvalue weighted by molar-refractivity contribution is 5.05. The van der Waals surface area contributed by atoms with Gasteiger partial charge in [0.15, 0.2) is 0 Å². The first-order chi connectivity index (χ1) is 7.24. The Bertz CT molecular complexity index is 314. The molecule has 0 aromatic carbocycles. The number of nitrogens with zero attached hydrogens (tertiary/aromatic N) is 1. The third kappa shape index (κ3) is 4.04. The minimum Gasteiger partial charge on any atom is -0.468 e. The van der Waals surface area contributed by atoms with Crippen LogP contribution in [0.3, 0.4) is 0 Å². The van der Waals surface area contributed by atoms with Crippen molar-refractivity contribution in [3.63, 3.8) is 0 Å². The van der Waals surface area contributed by atoms with Crippen molar-refractivity contribution in [3.8, 4) is 0 Å². The molecule has 1 aromatic heterocycles. The molecule has 2 N–H and O–H groups in total. The van der Waals surface area contributed by atoms with Crippen LogP contribution in [0.2, 0.25) is 0 Å². The van der Waals surface area contributed by atoms with Crippen LogP contribution in [0.5, 0.6) is 0 Å². The molecule has 0 spiro atoms. The molecule has 82 valence electrons. The predicted octanol–water partition coefficient (Wildman–Crippen LogP) is 2.13. The van der Waals surface area contributed by atoms with E-state index in [2.05, 4.69) is 24.9 Å². The lowest BCUT2D eigenvalue weighted by Gasteiger charge is -2.20. The number of hydrogen-bond acceptors (Lipinski definition) is 3. The molecule has 0 aliphatic heterocycles. The largest absolute Gasteiger partial charge is 0.468 e. The molecule has 0 fully saturated rings. The highest BCUT2D eigenvalue weighted by atomic mass is 16.3. The summed E-state index contributed by atoms with van der Waals surface area (Å²) in [6.45, 7) is 2.94. The highest BCUT2D eigenvalue weighted by Crippen LogP contribution is 2.07. The molecule has 0 radical (unpaired) electrons. The molecule has 0 aliphatic carbocycles. The monoisotopic (exact) mass is 206 g/mol. The fraction of sp³-hybridized carbons (Fsp3) is 0.333. The zero-order chi connectivity index (χ0) is 11.1. The second kappa shape index (κ2) is 6.09. The molecule has 0 amide bonds. The highest BCUT2D eigenvalue weighted by Gasteiger charge is 2.07. The first-order valence-electron chi connectivity index (χ1n) is 5.01. The van der Waals surface area contributed by atoms with E-state index in [0.29, 0.717) is 6.04 Å². The van der Waals surface area contributed by atoms with Crippen molar-refractivity contribution in [2.24, 2.45) is 5.73 Å². The normalized spacial score (nSPS) is 14.3. The van der Waals surface area contributed by atoms with E-state index in [0.717, 1.165) is 12.3 Å². The zero-order valence-electron chi connectivity index (χ0n) is 9.26. The molecule has 0 aliphatic rings. The maximum atomic E-state index is 5.28. The van der Waals surface area contributed by atoms with Gasteiger partial charge < -0.3 is 10.2 Å². The Morgan fingerprint density at radius 1 is 1.53 bits per heavy atom. The fourth-order valence-corrected chi connectivity index (χ4v) is 1.23. The summed E-state index contributed by atoms with van der Waals surface area (Å²) in [5.74, 6) is 0.979. The van der Waals surface area contributed by atoms with Crippen molar-refractivity contribution in [1.29, 1.82) is 0 Å². The minimum absolute atomic E-state index is 0.353. The smallest absolute Gasteiger partial charge is 0.117 e. The second-order valence-corrected chi connectivity index (χ2v) is 3.50. The van der Waals surface area contributed by atoms with E-state index in [4.69, 9.17) is 10.2 Å². The van der Waals surface area contributed by atoms with Crippen LogP contribution in [0.25, 0.3) is 0 Å². The van der Waals surface area contributed by atoms with Gasteiger partial charge in [-0.25, -0.2) is 0 Å². The van der Waals surface area contributed by atoms with Gasteiger partial charge in [-0.15, -0.1) is 0 Å². The molecule has 1 rings (SSSR count). The van der Waals surface area contributed by atoms with Crippen LogP contribution in [-0.4, -0.2) is 18.0 Å². The lowest BCUT2D eigenvalue weighted by Crippen LogP contribution is -2.26. The summed E-state index contributed by atoms with van der Waals surface area (Å²) >= 11 is 0. The standard InChI is InChI=1S/C12H18N2O/c1-11(6-3-4-8-13)14(2)10-12-7-5-9-15-12/h3-9,11H,10,13H2,1-2H3/b6-3-,8-4-. The van der Waals surface area contributed by atoms with Gasteiger partial charge in [0.2, 0.25) is 0 Å². The van der Waals surface area contributed by atoms with Gasteiger partial charge in [-0.3, -0.25) is 4.90 Å². The van der Waals surface area contributed by atoms with Crippen LogP contribution in [0.1, 0.15) is 12.7 Å². The molecular formula is C12H18N2O. The number of allylic oxidation sites excluding steroid dienone is 2. The van der Waals surface area contributed by atoms with E-state index >= 15 is 0 Å². The first-order valence-corrected chi connectivity index (χ1v) is 5.01. The van der Waals surface area contributed by atoms with Gasteiger partial charge in [-0.1, -0.05) is 12.2 Å². The van der Waals surface area contributed by atoms with Crippen LogP contribution in [0.15, 0.2) is 47.2 Å². The molecule has 1 atom stereocenters. The summed E-state index contributed by atoms with van der Waals surface area (Å²) in [5.41, 5.74) is 5.24. The number of rotatable bonds is 5. The summed E-state index contributed by atoms with van der Waals surface area (Å²) in [6, 6.07) is 4.24. The second-order valence-electron chi connectivity index (χ2n) is 3.50. The van der Waals surface area contributed by atoms with Gasteiger partial charge in [0.1, 0.15) is 5.76 Å². The van der Waals surface area contributed by atoms with Crippen LogP contribution in [-0.2, 0) is 6.54 Å². The van der Waals surface area contributed by atoms with Gasteiger partial charge in [0, 0.05) is 6.04 Å². The number of hydrogen-bond donors (Lipinski definition) is 1. The van der Waals surface area contributed by atoms with Gasteiger partial charge in [0.05, 0.1) is 12.8 Å². The summed E-state index contributed by atoms with van der Waals surface area (Å²) < 4.78 is 5.28. The van der Waals surface area contributed by atoms with E-state index in [-0.39, 0.29) is 0 Å². The van der Waals surface area contributed by atoms with Crippen LogP contribution < -0.4 is 5.73 Å². The summed E-state index contributed by atoms with van der Waals surface area (Å²) in [5, 5.41) is 0. The van der Waals surface area contributed by atoms with E-state index in [1.807, 2.05) is 24.3 Å². The topological polar surface area (TPSA) is 42.4 Å². The lowest BCUT2D eigenvalue weighted by atomic mass is 10.2. The minimum atomic E-state index is 0.353. The Labute approximate surface area is 90.9 Å². The van der Waals surface area contributed by atoms with Crippen molar-refractivity contribution in [2.45, 2.75) is 19.5 Å². The van der Waals surface area contributed by atoms with Gasteiger partial charge >= 0.3 is 0 Å². The van der Waals surface area contributed by atoms with Crippen molar-refractivity contribution >= 4 is 0 Å². The zero-order valence-corrected chi connectivity index (χ0v) is 9.26. The SMILES string of the molecule is CC(/C=C\C=C/N)N(C)Cc1ccco1. The molecule has 0 saturated heterocycles. The van der Waals surface area contributed by atoms with Gasteiger partial charge in [0.25, 0.3) is 0 Å². The lowest BCUT2D eigenvalue weighted by molar-refractivity contribution is 0.263. The fourth-order valence-electron chi connectivity index (χ4n) is 1.23. The van der Waals surface area contributed by atoms with E-state index < -0.39 is 0 Å². The first kappa shape index (κ1) is 11.6. The Hall–Kier alpha value is -1.48. The van der Waals surface area contributed by atoms with Gasteiger partial charge in [-0.05, 0) is 38.4 Å². The third-order valence-electron chi connectivity index (χ3n) is 2.29. The Kier molecular flexibility index (Phi) is 4.71.